The van der Waals surface area contributed by atoms with Crippen LogP contribution in [-0.2, 0) is 6.54 Å². The molecular weight excluding hydrogens is 301 g/mol. The number of primary amides is 1. The fraction of sp³-hybridized carbons (Fsp3) is 0.333. The van der Waals surface area contributed by atoms with E-state index in [-0.39, 0.29) is 17.4 Å². The van der Waals surface area contributed by atoms with Gasteiger partial charge in [0.05, 0.1) is 11.6 Å². The van der Waals surface area contributed by atoms with E-state index in [2.05, 4.69) is 15.0 Å². The van der Waals surface area contributed by atoms with Crippen molar-refractivity contribution in [1.82, 2.24) is 15.0 Å². The summed E-state index contributed by atoms with van der Waals surface area (Å²) in [4.78, 5) is 17.2. The van der Waals surface area contributed by atoms with Crippen LogP contribution in [0.25, 0.3) is 0 Å². The van der Waals surface area contributed by atoms with Crippen molar-refractivity contribution in [2.24, 2.45) is 5.73 Å². The second-order valence-electron chi connectivity index (χ2n) is 5.37. The van der Waals surface area contributed by atoms with Crippen LogP contribution in [0.1, 0.15) is 46.5 Å². The largest absolute Gasteiger partial charge is 0.363 e. The van der Waals surface area contributed by atoms with Crippen LogP contribution in [-0.4, -0.2) is 27.5 Å². The summed E-state index contributed by atoms with van der Waals surface area (Å²) in [5.74, 6) is -1.06. The van der Waals surface area contributed by atoms with Crippen LogP contribution in [0, 0.1) is 17.1 Å². The number of hydrogen-bond donors (Lipinski definition) is 1. The molecule has 1 aromatic heterocycles. The van der Waals surface area contributed by atoms with Crippen molar-refractivity contribution in [1.29, 1.82) is 5.26 Å². The van der Waals surface area contributed by atoms with Gasteiger partial charge in [0.1, 0.15) is 11.9 Å². The zero-order chi connectivity index (χ0) is 16.4. The number of nitrogens with two attached hydrogens (primary N) is 1. The van der Waals surface area contributed by atoms with Gasteiger partial charge in [-0.2, -0.15) is 10.2 Å². The third kappa shape index (κ3) is 3.05. The van der Waals surface area contributed by atoms with Crippen LogP contribution in [0.2, 0.25) is 0 Å². The normalized spacial score (nSPS) is 18.0. The highest BCUT2D eigenvalue weighted by Crippen LogP contribution is 2.32. The van der Waals surface area contributed by atoms with Gasteiger partial charge >= 0.3 is 0 Å². The molecule has 0 bridgehead atoms. The van der Waals surface area contributed by atoms with E-state index >= 15 is 0 Å². The van der Waals surface area contributed by atoms with E-state index in [0.29, 0.717) is 12.4 Å². The quantitative estimate of drug-likeness (QED) is 0.916. The summed E-state index contributed by atoms with van der Waals surface area (Å²) in [5, 5.41) is 12.5. The predicted octanol–water partition coefficient (Wildman–Crippen LogP) is 1.52. The minimum Gasteiger partial charge on any atom is -0.363 e. The zero-order valence-corrected chi connectivity index (χ0v) is 12.2. The molecule has 1 aromatic carbocycles. The molecule has 23 heavy (non-hydrogen) atoms. The van der Waals surface area contributed by atoms with Gasteiger partial charge in [0, 0.05) is 6.54 Å². The van der Waals surface area contributed by atoms with Crippen molar-refractivity contribution in [3.63, 3.8) is 0 Å². The first-order valence-corrected chi connectivity index (χ1v) is 7.14. The van der Waals surface area contributed by atoms with Crippen molar-refractivity contribution in [2.45, 2.75) is 25.4 Å². The lowest BCUT2D eigenvalue weighted by Gasteiger charge is -2.21. The van der Waals surface area contributed by atoms with Crippen molar-refractivity contribution in [3.05, 3.63) is 46.9 Å². The molecule has 2 N–H and O–H groups in total. The van der Waals surface area contributed by atoms with Crippen molar-refractivity contribution >= 4 is 5.91 Å². The Hall–Kier alpha value is -2.79. The Morgan fingerprint density at radius 2 is 2.39 bits per heavy atom. The molecule has 7 nitrogen and oxygen atoms in total. The fourth-order valence-corrected chi connectivity index (χ4v) is 2.76. The highest BCUT2D eigenvalue weighted by Gasteiger charge is 2.31. The number of hydrogen-bond acceptors (Lipinski definition) is 6. The summed E-state index contributed by atoms with van der Waals surface area (Å²) in [5.41, 5.74) is 5.97. The Morgan fingerprint density at radius 1 is 1.57 bits per heavy atom. The Morgan fingerprint density at radius 3 is 3.09 bits per heavy atom. The van der Waals surface area contributed by atoms with E-state index in [1.54, 1.807) is 6.07 Å². The summed E-state index contributed by atoms with van der Waals surface area (Å²) < 4.78 is 18.5. The van der Waals surface area contributed by atoms with Gasteiger partial charge < -0.3 is 10.3 Å². The number of benzene rings is 1. The molecule has 118 valence electrons. The molecular formula is C15H14FN5O2. The second-order valence-corrected chi connectivity index (χ2v) is 5.37. The first-order chi connectivity index (χ1) is 11.1. The topological polar surface area (TPSA) is 109 Å². The van der Waals surface area contributed by atoms with Crippen molar-refractivity contribution in [3.8, 4) is 6.07 Å². The lowest BCUT2D eigenvalue weighted by molar-refractivity contribution is 0.0987. The van der Waals surface area contributed by atoms with Crippen molar-refractivity contribution in [2.75, 3.05) is 6.54 Å². The Kier molecular flexibility index (Phi) is 4.04. The average molecular weight is 315 g/mol. The number of rotatable bonds is 4. The molecule has 0 unspecified atom stereocenters. The van der Waals surface area contributed by atoms with E-state index in [9.17, 15) is 9.18 Å². The molecule has 1 atom stereocenters. The minimum atomic E-state index is -0.734. The Bertz CT molecular complexity index is 782. The molecule has 1 aliphatic rings. The molecule has 1 saturated heterocycles. The van der Waals surface area contributed by atoms with Gasteiger partial charge in [0.2, 0.25) is 5.89 Å². The van der Waals surface area contributed by atoms with Gasteiger partial charge in [0.25, 0.3) is 11.7 Å². The summed E-state index contributed by atoms with van der Waals surface area (Å²) >= 11 is 0. The van der Waals surface area contributed by atoms with E-state index in [0.717, 1.165) is 24.9 Å². The zero-order valence-electron chi connectivity index (χ0n) is 12.2. The molecule has 0 aliphatic carbocycles. The Labute approximate surface area is 131 Å². The molecule has 1 amide bonds. The highest BCUT2D eigenvalue weighted by atomic mass is 19.1. The van der Waals surface area contributed by atoms with Crippen LogP contribution in [0.15, 0.2) is 22.7 Å². The fourth-order valence-electron chi connectivity index (χ4n) is 2.76. The molecule has 0 radical (unpaired) electrons. The van der Waals surface area contributed by atoms with E-state index in [4.69, 9.17) is 15.5 Å². The molecule has 3 rings (SSSR count). The molecule has 1 aliphatic heterocycles. The van der Waals surface area contributed by atoms with Crippen LogP contribution >= 0.6 is 0 Å². The standard InChI is InChI=1S/C15H14FN5O2/c16-11-4-3-9(6-10(11)7-17)8-21-5-1-2-12(21)15-19-14(13(18)22)20-23-15/h3-4,6,12H,1-2,5,8H2,(H2,18,22)/t12-/m0/s1. The maximum Gasteiger partial charge on any atom is 0.290 e. The maximum absolute atomic E-state index is 13.4. The maximum atomic E-state index is 13.4. The molecule has 1 fully saturated rings. The third-order valence-corrected chi connectivity index (χ3v) is 3.85. The van der Waals surface area contributed by atoms with Gasteiger partial charge in [-0.1, -0.05) is 11.2 Å². The number of halogens is 1. The molecule has 2 aromatic rings. The summed E-state index contributed by atoms with van der Waals surface area (Å²) in [6.45, 7) is 1.33. The SMILES string of the molecule is N#Cc1cc(CN2CCC[C@H]2c2nc(C(N)=O)no2)ccc1F. The number of carbonyl (C=O) groups excluding carboxylic acids is 1. The number of nitriles is 1. The predicted molar refractivity (Wildman–Crippen MR) is 76.3 cm³/mol. The van der Waals surface area contributed by atoms with Gasteiger partial charge in [0.15, 0.2) is 0 Å². The van der Waals surface area contributed by atoms with Crippen molar-refractivity contribution < 1.29 is 13.7 Å². The number of nitrogens with zero attached hydrogens (tertiary/aromatic N) is 4. The van der Waals surface area contributed by atoms with Crippen LogP contribution in [0.3, 0.4) is 0 Å². The van der Waals surface area contributed by atoms with E-state index < -0.39 is 11.7 Å². The Balaban J connectivity index is 1.79. The van der Waals surface area contributed by atoms with Gasteiger partial charge in [-0.15, -0.1) is 0 Å². The number of amides is 1. The summed E-state index contributed by atoms with van der Waals surface area (Å²) in [7, 11) is 0. The number of aromatic nitrogens is 2. The molecule has 0 spiro atoms. The van der Waals surface area contributed by atoms with E-state index in [1.165, 1.54) is 12.1 Å². The van der Waals surface area contributed by atoms with Crippen LogP contribution in [0.4, 0.5) is 4.39 Å². The summed E-state index contributed by atoms with van der Waals surface area (Å²) in [6, 6.07) is 6.18. The summed E-state index contributed by atoms with van der Waals surface area (Å²) in [6.07, 6.45) is 1.75. The molecule has 2 heterocycles. The lowest BCUT2D eigenvalue weighted by atomic mass is 10.1. The average Bonchev–Trinajstić information content (AvgIpc) is 3.17. The lowest BCUT2D eigenvalue weighted by Crippen LogP contribution is -2.23. The van der Waals surface area contributed by atoms with Crippen LogP contribution in [0.5, 0.6) is 0 Å². The van der Waals surface area contributed by atoms with Gasteiger partial charge in [-0.3, -0.25) is 9.69 Å². The smallest absolute Gasteiger partial charge is 0.290 e. The van der Waals surface area contributed by atoms with Gasteiger partial charge in [-0.05, 0) is 37.1 Å². The second kappa shape index (κ2) is 6.14. The van der Waals surface area contributed by atoms with E-state index in [1.807, 2.05) is 6.07 Å². The first-order valence-electron chi connectivity index (χ1n) is 7.14. The number of carbonyl (C=O) groups is 1. The number of likely N-dealkylation sites (tertiary alicyclic amines) is 1. The molecule has 8 heteroatoms. The first kappa shape index (κ1) is 15.1. The van der Waals surface area contributed by atoms with Crippen LogP contribution < -0.4 is 5.73 Å². The third-order valence-electron chi connectivity index (χ3n) is 3.85. The minimum absolute atomic E-state index is 0.0204. The molecule has 0 saturated carbocycles. The monoisotopic (exact) mass is 315 g/mol. The van der Waals surface area contributed by atoms with Gasteiger partial charge in [-0.25, -0.2) is 4.39 Å². The highest BCUT2D eigenvalue weighted by molar-refractivity contribution is 5.88.